The van der Waals surface area contributed by atoms with Crippen LogP contribution in [-0.4, -0.2) is 29.9 Å². The Morgan fingerprint density at radius 3 is 2.25 bits per heavy atom. The monoisotopic (exact) mass is 226 g/mol. The first-order valence-corrected chi connectivity index (χ1v) is 6.55. The molecule has 1 rings (SSSR count). The van der Waals surface area contributed by atoms with Gasteiger partial charge in [0, 0.05) is 25.0 Å². The molecule has 4 unspecified atom stereocenters. The van der Waals surface area contributed by atoms with E-state index in [1.807, 2.05) is 18.7 Å². The summed E-state index contributed by atoms with van der Waals surface area (Å²) < 4.78 is 0. The minimum absolute atomic E-state index is 0.145. The second kappa shape index (κ2) is 5.67. The van der Waals surface area contributed by atoms with Crippen molar-refractivity contribution in [1.29, 1.82) is 0 Å². The number of hydrogen-bond donors (Lipinski definition) is 1. The zero-order valence-corrected chi connectivity index (χ0v) is 11.1. The second-order valence-corrected chi connectivity index (χ2v) is 5.21. The van der Waals surface area contributed by atoms with Crippen LogP contribution < -0.4 is 5.73 Å². The summed E-state index contributed by atoms with van der Waals surface area (Å²) in [6.45, 7) is 10.1. The third-order valence-corrected chi connectivity index (χ3v) is 4.08. The van der Waals surface area contributed by atoms with Crippen LogP contribution >= 0.6 is 0 Å². The third kappa shape index (κ3) is 2.76. The zero-order chi connectivity index (χ0) is 12.3. The van der Waals surface area contributed by atoms with Crippen LogP contribution in [0.4, 0.5) is 0 Å². The maximum absolute atomic E-state index is 12.3. The predicted octanol–water partition coefficient (Wildman–Crippen LogP) is 1.86. The molecule has 1 saturated carbocycles. The molecular weight excluding hydrogens is 200 g/mol. The lowest BCUT2D eigenvalue weighted by Crippen LogP contribution is -2.46. The van der Waals surface area contributed by atoms with Gasteiger partial charge in [0.05, 0.1) is 0 Å². The third-order valence-electron chi connectivity index (χ3n) is 4.08. The van der Waals surface area contributed by atoms with E-state index in [2.05, 4.69) is 13.8 Å². The maximum Gasteiger partial charge on any atom is 0.225 e. The quantitative estimate of drug-likeness (QED) is 0.798. The summed E-state index contributed by atoms with van der Waals surface area (Å²) in [6.07, 6.45) is 1.94. The first-order chi connectivity index (χ1) is 7.51. The highest BCUT2D eigenvalue weighted by molar-refractivity contribution is 5.79. The number of nitrogens with two attached hydrogens (primary N) is 1. The molecule has 0 saturated heterocycles. The summed E-state index contributed by atoms with van der Waals surface area (Å²) in [6, 6.07) is 0.195. The van der Waals surface area contributed by atoms with Crippen LogP contribution in [0.15, 0.2) is 0 Å². The van der Waals surface area contributed by atoms with Crippen LogP contribution in [-0.2, 0) is 4.79 Å². The minimum atomic E-state index is 0.145. The second-order valence-electron chi connectivity index (χ2n) is 5.21. The van der Waals surface area contributed by atoms with Gasteiger partial charge < -0.3 is 10.6 Å². The van der Waals surface area contributed by atoms with Crippen molar-refractivity contribution < 1.29 is 4.79 Å². The molecule has 3 heteroatoms. The van der Waals surface area contributed by atoms with Gasteiger partial charge in [-0.2, -0.15) is 0 Å². The molecule has 16 heavy (non-hydrogen) atoms. The van der Waals surface area contributed by atoms with Gasteiger partial charge in [-0.3, -0.25) is 4.79 Å². The van der Waals surface area contributed by atoms with Crippen LogP contribution in [0.3, 0.4) is 0 Å². The van der Waals surface area contributed by atoms with Crippen LogP contribution in [0.5, 0.6) is 0 Å². The van der Waals surface area contributed by atoms with Crippen LogP contribution in [0.1, 0.15) is 40.5 Å². The summed E-state index contributed by atoms with van der Waals surface area (Å²) in [5, 5.41) is 0. The highest BCUT2D eigenvalue weighted by Gasteiger charge is 2.36. The molecule has 1 amide bonds. The van der Waals surface area contributed by atoms with Gasteiger partial charge in [-0.05, 0) is 38.5 Å². The molecule has 0 aromatic heterocycles. The van der Waals surface area contributed by atoms with Crippen molar-refractivity contribution in [2.45, 2.75) is 46.6 Å². The van der Waals surface area contributed by atoms with Gasteiger partial charge in [-0.25, -0.2) is 0 Å². The largest absolute Gasteiger partial charge is 0.343 e. The van der Waals surface area contributed by atoms with Crippen molar-refractivity contribution in [2.24, 2.45) is 23.5 Å². The van der Waals surface area contributed by atoms with E-state index in [9.17, 15) is 4.79 Å². The average Bonchev–Trinajstić information content (AvgIpc) is 2.25. The molecule has 0 heterocycles. The van der Waals surface area contributed by atoms with Gasteiger partial charge in [0.2, 0.25) is 5.91 Å². The first kappa shape index (κ1) is 13.5. The topological polar surface area (TPSA) is 46.3 Å². The molecule has 1 aliphatic carbocycles. The standard InChI is InChI=1S/C13H26N2O/c1-5-15(6-2)13(16)11-8-12(14)10(4)7-9(11)3/h9-12H,5-8,14H2,1-4H3. The lowest BCUT2D eigenvalue weighted by Gasteiger charge is -2.38. The van der Waals surface area contributed by atoms with Gasteiger partial charge in [0.25, 0.3) is 0 Å². The van der Waals surface area contributed by atoms with E-state index < -0.39 is 0 Å². The minimum Gasteiger partial charge on any atom is -0.343 e. The Balaban J connectivity index is 2.68. The van der Waals surface area contributed by atoms with Crippen molar-refractivity contribution in [3.8, 4) is 0 Å². The first-order valence-electron chi connectivity index (χ1n) is 6.55. The van der Waals surface area contributed by atoms with Crippen molar-refractivity contribution in [3.05, 3.63) is 0 Å². The number of rotatable bonds is 3. The highest BCUT2D eigenvalue weighted by atomic mass is 16.2. The number of amides is 1. The molecule has 0 aromatic carbocycles. The Morgan fingerprint density at radius 1 is 1.19 bits per heavy atom. The lowest BCUT2D eigenvalue weighted by molar-refractivity contribution is -0.138. The number of carbonyl (C=O) groups is 1. The molecule has 0 aromatic rings. The molecule has 0 aliphatic heterocycles. The van der Waals surface area contributed by atoms with E-state index in [4.69, 9.17) is 5.73 Å². The van der Waals surface area contributed by atoms with Crippen LogP contribution in [0, 0.1) is 17.8 Å². The smallest absolute Gasteiger partial charge is 0.225 e. The van der Waals surface area contributed by atoms with Crippen molar-refractivity contribution in [2.75, 3.05) is 13.1 Å². The molecule has 0 bridgehead atoms. The van der Waals surface area contributed by atoms with Gasteiger partial charge >= 0.3 is 0 Å². The number of nitrogens with zero attached hydrogens (tertiary/aromatic N) is 1. The van der Waals surface area contributed by atoms with E-state index >= 15 is 0 Å². The van der Waals surface area contributed by atoms with E-state index in [-0.39, 0.29) is 12.0 Å². The Hall–Kier alpha value is -0.570. The lowest BCUT2D eigenvalue weighted by atomic mass is 9.72. The maximum atomic E-state index is 12.3. The molecule has 0 radical (unpaired) electrons. The Kier molecular flexibility index (Phi) is 4.78. The zero-order valence-electron chi connectivity index (χ0n) is 11.1. The van der Waals surface area contributed by atoms with E-state index in [0.29, 0.717) is 17.7 Å². The van der Waals surface area contributed by atoms with Crippen LogP contribution in [0.25, 0.3) is 0 Å². The van der Waals surface area contributed by atoms with E-state index in [1.54, 1.807) is 0 Å². The molecule has 4 atom stereocenters. The van der Waals surface area contributed by atoms with Gasteiger partial charge in [-0.1, -0.05) is 13.8 Å². The van der Waals surface area contributed by atoms with Crippen molar-refractivity contribution in [1.82, 2.24) is 4.90 Å². The van der Waals surface area contributed by atoms with Gasteiger partial charge in [0.15, 0.2) is 0 Å². The molecule has 94 valence electrons. The number of hydrogen-bond acceptors (Lipinski definition) is 2. The Morgan fingerprint density at radius 2 is 1.75 bits per heavy atom. The number of carbonyl (C=O) groups excluding carboxylic acids is 1. The fraction of sp³-hybridized carbons (Fsp3) is 0.923. The summed E-state index contributed by atoms with van der Waals surface area (Å²) in [5.41, 5.74) is 6.08. The molecule has 1 aliphatic rings. The van der Waals surface area contributed by atoms with Crippen LogP contribution in [0.2, 0.25) is 0 Å². The van der Waals surface area contributed by atoms with Gasteiger partial charge in [-0.15, -0.1) is 0 Å². The van der Waals surface area contributed by atoms with Crippen molar-refractivity contribution in [3.63, 3.8) is 0 Å². The van der Waals surface area contributed by atoms with Gasteiger partial charge in [0.1, 0.15) is 0 Å². The Labute approximate surface area is 99.4 Å². The van der Waals surface area contributed by atoms with E-state index in [1.165, 1.54) is 0 Å². The molecule has 0 spiro atoms. The predicted molar refractivity (Wildman–Crippen MR) is 67.0 cm³/mol. The summed E-state index contributed by atoms with van der Waals surface area (Å²) in [4.78, 5) is 14.2. The summed E-state index contributed by atoms with van der Waals surface area (Å²) in [7, 11) is 0. The normalized spacial score (nSPS) is 34.8. The highest BCUT2D eigenvalue weighted by Crippen LogP contribution is 2.33. The molecular formula is C13H26N2O. The molecule has 2 N–H and O–H groups in total. The summed E-state index contributed by atoms with van der Waals surface area (Å²) >= 11 is 0. The van der Waals surface area contributed by atoms with E-state index in [0.717, 1.165) is 25.9 Å². The molecule has 3 nitrogen and oxygen atoms in total. The SMILES string of the molecule is CCN(CC)C(=O)C1CC(N)C(C)CC1C. The average molecular weight is 226 g/mol. The Bertz CT molecular complexity index is 238. The fourth-order valence-electron chi connectivity index (χ4n) is 2.80. The van der Waals surface area contributed by atoms with Crippen molar-refractivity contribution >= 4 is 5.91 Å². The fourth-order valence-corrected chi connectivity index (χ4v) is 2.80. The molecule has 1 fully saturated rings. The summed E-state index contributed by atoms with van der Waals surface area (Å²) in [5.74, 6) is 1.48.